The normalized spacial score (nSPS) is 13.7. The van der Waals surface area contributed by atoms with Crippen molar-refractivity contribution in [3.63, 3.8) is 0 Å². The Kier molecular flexibility index (Phi) is 6.72. The summed E-state index contributed by atoms with van der Waals surface area (Å²) in [6.45, 7) is 4.46. The second-order valence-corrected chi connectivity index (χ2v) is 2.92. The summed E-state index contributed by atoms with van der Waals surface area (Å²) < 4.78 is 0. The largest absolute Gasteiger partial charge is 0.0939 e. The number of hydrogen-bond donors (Lipinski definition) is 0. The molecule has 1 atom stereocenters. The molecule has 1 radical (unpaired) electrons. The van der Waals surface area contributed by atoms with Gasteiger partial charge >= 0.3 is 0 Å². The number of hydrogen-bond acceptors (Lipinski definition) is 0. The van der Waals surface area contributed by atoms with Crippen molar-refractivity contribution in [3.05, 3.63) is 0 Å². The molecule has 0 aliphatic heterocycles. The van der Waals surface area contributed by atoms with Gasteiger partial charge in [0.25, 0.3) is 0 Å². The fourth-order valence-corrected chi connectivity index (χ4v) is 1.30. The van der Waals surface area contributed by atoms with Gasteiger partial charge in [0.15, 0.2) is 0 Å². The molecule has 1 heteroatoms. The molecule has 55 valence electrons. The zero-order valence-electron chi connectivity index (χ0n) is 6.52. The molecule has 0 bridgehead atoms. The Balaban J connectivity index is 3.09. The molecular weight excluding hydrogens is 128 g/mol. The van der Waals surface area contributed by atoms with Crippen LogP contribution in [-0.4, -0.2) is 5.75 Å². The topological polar surface area (TPSA) is 0 Å². The van der Waals surface area contributed by atoms with Crippen molar-refractivity contribution in [2.24, 2.45) is 5.92 Å². The second kappa shape index (κ2) is 6.47. The summed E-state index contributed by atoms with van der Waals surface area (Å²) in [7, 11) is 0. The van der Waals surface area contributed by atoms with E-state index in [4.69, 9.17) is 12.6 Å². The zero-order valence-corrected chi connectivity index (χ0v) is 7.34. The highest BCUT2D eigenvalue weighted by Crippen LogP contribution is 2.12. The maximum Gasteiger partial charge on any atom is 0.00652 e. The molecule has 9 heavy (non-hydrogen) atoms. The molecule has 0 fully saturated rings. The quantitative estimate of drug-likeness (QED) is 0.556. The lowest BCUT2D eigenvalue weighted by Gasteiger charge is -2.08. The molecule has 0 nitrogen and oxygen atoms in total. The van der Waals surface area contributed by atoms with Gasteiger partial charge in [-0.15, -0.1) is 0 Å². The van der Waals surface area contributed by atoms with E-state index in [9.17, 15) is 0 Å². The minimum absolute atomic E-state index is 0.819. The van der Waals surface area contributed by atoms with Gasteiger partial charge in [0.05, 0.1) is 0 Å². The molecule has 0 N–H and O–H groups in total. The van der Waals surface area contributed by atoms with Gasteiger partial charge in [-0.25, -0.2) is 0 Å². The first-order chi connectivity index (χ1) is 4.35. The smallest absolute Gasteiger partial charge is 0.00652 e. The maximum atomic E-state index is 4.99. The van der Waals surface area contributed by atoms with E-state index in [1.165, 1.54) is 25.7 Å². The highest BCUT2D eigenvalue weighted by Gasteiger charge is 2.01. The molecular formula is C8H17S. The van der Waals surface area contributed by atoms with Gasteiger partial charge in [0, 0.05) is 5.75 Å². The van der Waals surface area contributed by atoms with Crippen molar-refractivity contribution in [2.45, 2.75) is 39.5 Å². The molecule has 0 aromatic rings. The molecule has 0 heterocycles. The Bertz CT molecular complexity index is 48.5. The predicted molar refractivity (Wildman–Crippen MR) is 45.8 cm³/mol. The van der Waals surface area contributed by atoms with E-state index >= 15 is 0 Å². The fourth-order valence-electron chi connectivity index (χ4n) is 0.898. The van der Waals surface area contributed by atoms with Crippen molar-refractivity contribution in [3.8, 4) is 0 Å². The van der Waals surface area contributed by atoms with E-state index < -0.39 is 0 Å². The first kappa shape index (κ1) is 9.35. The number of rotatable bonds is 5. The van der Waals surface area contributed by atoms with Crippen molar-refractivity contribution >= 4 is 12.6 Å². The van der Waals surface area contributed by atoms with E-state index in [1.54, 1.807) is 0 Å². The summed E-state index contributed by atoms with van der Waals surface area (Å²) in [5, 5.41) is 0. The van der Waals surface area contributed by atoms with Gasteiger partial charge in [-0.1, -0.05) is 45.7 Å². The molecule has 0 aromatic carbocycles. The summed E-state index contributed by atoms with van der Waals surface area (Å²) >= 11 is 4.99. The maximum absolute atomic E-state index is 4.99. The third-order valence-corrected chi connectivity index (χ3v) is 2.25. The van der Waals surface area contributed by atoms with Crippen LogP contribution in [0.25, 0.3) is 0 Å². The summed E-state index contributed by atoms with van der Waals surface area (Å²) in [5.74, 6) is 1.77. The van der Waals surface area contributed by atoms with Crippen molar-refractivity contribution in [2.75, 3.05) is 5.75 Å². The third-order valence-electron chi connectivity index (χ3n) is 1.78. The second-order valence-electron chi connectivity index (χ2n) is 2.58. The molecule has 0 amide bonds. The van der Waals surface area contributed by atoms with E-state index in [0.717, 1.165) is 11.7 Å². The lowest BCUT2D eigenvalue weighted by atomic mass is 10.0. The summed E-state index contributed by atoms with van der Waals surface area (Å²) in [6, 6.07) is 0. The van der Waals surface area contributed by atoms with Crippen LogP contribution in [0.1, 0.15) is 39.5 Å². The molecule has 1 unspecified atom stereocenters. The number of unbranched alkanes of at least 4 members (excludes halogenated alkanes) is 1. The Morgan fingerprint density at radius 2 is 2.00 bits per heavy atom. The van der Waals surface area contributed by atoms with Crippen molar-refractivity contribution in [1.82, 2.24) is 0 Å². The monoisotopic (exact) mass is 145 g/mol. The Morgan fingerprint density at radius 3 is 2.33 bits per heavy atom. The molecule has 0 saturated carbocycles. The van der Waals surface area contributed by atoms with Crippen LogP contribution in [0, 0.1) is 5.92 Å². The molecule has 0 rings (SSSR count). The molecule has 0 aliphatic rings. The van der Waals surface area contributed by atoms with Gasteiger partial charge < -0.3 is 0 Å². The van der Waals surface area contributed by atoms with Gasteiger partial charge in [0.2, 0.25) is 0 Å². The first-order valence-electron chi connectivity index (χ1n) is 3.93. The predicted octanol–water partition coefficient (Wildman–Crippen LogP) is 3.40. The van der Waals surface area contributed by atoms with Crippen LogP contribution < -0.4 is 0 Å². The van der Waals surface area contributed by atoms with Gasteiger partial charge in [0.1, 0.15) is 0 Å². The van der Waals surface area contributed by atoms with Crippen molar-refractivity contribution in [1.29, 1.82) is 0 Å². The Labute approximate surface area is 64.4 Å². The zero-order chi connectivity index (χ0) is 7.11. The van der Waals surface area contributed by atoms with Gasteiger partial charge in [-0.3, -0.25) is 0 Å². The van der Waals surface area contributed by atoms with Crippen LogP contribution in [-0.2, 0) is 0 Å². The van der Waals surface area contributed by atoms with E-state index in [-0.39, 0.29) is 0 Å². The summed E-state index contributed by atoms with van der Waals surface area (Å²) in [5.41, 5.74) is 0. The van der Waals surface area contributed by atoms with Crippen LogP contribution >= 0.6 is 12.6 Å². The lowest BCUT2D eigenvalue weighted by molar-refractivity contribution is 0.500. The third kappa shape index (κ3) is 4.83. The van der Waals surface area contributed by atoms with Crippen LogP contribution in [0.4, 0.5) is 0 Å². The molecule has 0 aliphatic carbocycles. The Morgan fingerprint density at radius 1 is 1.33 bits per heavy atom. The standard InChI is InChI=1S/C8H17S/c1-3-5-6-8(4-2)7-9/h8H,3-7H2,1-2H3. The van der Waals surface area contributed by atoms with E-state index in [1.807, 2.05) is 0 Å². The molecule has 0 spiro atoms. The van der Waals surface area contributed by atoms with Gasteiger partial charge in [-0.2, -0.15) is 0 Å². The highest BCUT2D eigenvalue weighted by molar-refractivity contribution is 7.80. The summed E-state index contributed by atoms with van der Waals surface area (Å²) in [6.07, 6.45) is 5.28. The van der Waals surface area contributed by atoms with E-state index in [2.05, 4.69) is 13.8 Å². The SMILES string of the molecule is CCCCC(CC)C[S]. The highest BCUT2D eigenvalue weighted by atomic mass is 32.1. The molecule has 0 aromatic heterocycles. The van der Waals surface area contributed by atoms with Gasteiger partial charge in [-0.05, 0) is 12.3 Å². The molecule has 0 saturated heterocycles. The van der Waals surface area contributed by atoms with E-state index in [0.29, 0.717) is 0 Å². The average molecular weight is 145 g/mol. The Hall–Kier alpha value is 0.350. The minimum Gasteiger partial charge on any atom is -0.0939 e. The van der Waals surface area contributed by atoms with Crippen LogP contribution in [0.2, 0.25) is 0 Å². The van der Waals surface area contributed by atoms with Crippen LogP contribution in [0.15, 0.2) is 0 Å². The first-order valence-corrected chi connectivity index (χ1v) is 4.50. The van der Waals surface area contributed by atoms with Crippen molar-refractivity contribution < 1.29 is 0 Å². The van der Waals surface area contributed by atoms with Crippen LogP contribution in [0.3, 0.4) is 0 Å². The van der Waals surface area contributed by atoms with Crippen LogP contribution in [0.5, 0.6) is 0 Å². The average Bonchev–Trinajstić information content (AvgIpc) is 1.91. The lowest BCUT2D eigenvalue weighted by Crippen LogP contribution is -1.99. The minimum atomic E-state index is 0.819. The fraction of sp³-hybridized carbons (Fsp3) is 1.00. The summed E-state index contributed by atoms with van der Waals surface area (Å²) in [4.78, 5) is 0.